The number of hydrogen-bond donors (Lipinski definition) is 2. The first-order chi connectivity index (χ1) is 12.4. The number of amides is 1. The zero-order valence-electron chi connectivity index (χ0n) is 15.4. The molecule has 0 aliphatic rings. The molecule has 26 heavy (non-hydrogen) atoms. The average molecular weight is 355 g/mol. The van der Waals surface area contributed by atoms with Crippen molar-refractivity contribution in [1.29, 1.82) is 0 Å². The smallest absolute Gasteiger partial charge is 0.308 e. The van der Waals surface area contributed by atoms with Crippen molar-refractivity contribution in [1.82, 2.24) is 5.32 Å². The Balaban J connectivity index is 1.99. The molecular weight excluding hydrogens is 330 g/mol. The topological polar surface area (TPSA) is 75.6 Å². The summed E-state index contributed by atoms with van der Waals surface area (Å²) >= 11 is 0. The lowest BCUT2D eigenvalue weighted by molar-refractivity contribution is -0.141. The molecule has 5 nitrogen and oxygen atoms in total. The van der Waals surface area contributed by atoms with Gasteiger partial charge in [-0.1, -0.05) is 42.0 Å². The van der Waals surface area contributed by atoms with Crippen molar-refractivity contribution in [3.05, 3.63) is 65.2 Å². The Morgan fingerprint density at radius 3 is 2.54 bits per heavy atom. The molecule has 0 spiro atoms. The molecule has 0 radical (unpaired) electrons. The van der Waals surface area contributed by atoms with Gasteiger partial charge in [0.25, 0.3) is 0 Å². The Kier molecular flexibility index (Phi) is 6.78. The van der Waals surface area contributed by atoms with Crippen LogP contribution in [0.25, 0.3) is 0 Å². The number of aryl methyl sites for hydroxylation is 1. The number of hydrogen-bond acceptors (Lipinski definition) is 3. The Labute approximate surface area is 154 Å². The first-order valence-electron chi connectivity index (χ1n) is 8.60. The van der Waals surface area contributed by atoms with E-state index in [-0.39, 0.29) is 12.5 Å². The predicted molar refractivity (Wildman–Crippen MR) is 100 cm³/mol. The van der Waals surface area contributed by atoms with Crippen LogP contribution in [0, 0.1) is 12.8 Å². The number of benzene rings is 2. The summed E-state index contributed by atoms with van der Waals surface area (Å²) in [6.45, 7) is 3.85. The molecule has 2 atom stereocenters. The minimum absolute atomic E-state index is 0.0937. The molecule has 0 heterocycles. The van der Waals surface area contributed by atoms with E-state index in [0.717, 1.165) is 16.7 Å². The van der Waals surface area contributed by atoms with Crippen molar-refractivity contribution in [3.8, 4) is 5.75 Å². The number of nitrogens with one attached hydrogen (secondary N) is 1. The van der Waals surface area contributed by atoms with E-state index in [1.165, 1.54) is 0 Å². The summed E-state index contributed by atoms with van der Waals surface area (Å²) in [5.74, 6) is -1.49. The maximum absolute atomic E-state index is 12.4. The van der Waals surface area contributed by atoms with Crippen molar-refractivity contribution in [3.63, 3.8) is 0 Å². The third-order valence-corrected chi connectivity index (χ3v) is 4.42. The van der Waals surface area contributed by atoms with Crippen molar-refractivity contribution < 1.29 is 19.4 Å². The third-order valence-electron chi connectivity index (χ3n) is 4.42. The lowest BCUT2D eigenvalue weighted by Gasteiger charge is -2.17. The Morgan fingerprint density at radius 1 is 1.15 bits per heavy atom. The molecule has 2 aromatic carbocycles. The van der Waals surface area contributed by atoms with Gasteiger partial charge in [-0.3, -0.25) is 9.59 Å². The van der Waals surface area contributed by atoms with E-state index >= 15 is 0 Å². The number of carboxylic acids is 1. The van der Waals surface area contributed by atoms with Crippen LogP contribution in [0.15, 0.2) is 48.5 Å². The van der Waals surface area contributed by atoms with Gasteiger partial charge in [0.15, 0.2) is 0 Å². The normalized spacial score (nSPS) is 12.9. The summed E-state index contributed by atoms with van der Waals surface area (Å²) in [4.78, 5) is 24.0. The molecule has 138 valence electrons. The van der Waals surface area contributed by atoms with E-state index in [1.807, 2.05) is 55.5 Å². The van der Waals surface area contributed by atoms with Crippen LogP contribution >= 0.6 is 0 Å². The van der Waals surface area contributed by atoms with Gasteiger partial charge in [0.1, 0.15) is 5.75 Å². The van der Waals surface area contributed by atoms with Crippen molar-refractivity contribution in [2.45, 2.75) is 26.2 Å². The molecule has 2 unspecified atom stereocenters. The molecule has 0 saturated heterocycles. The molecule has 0 bridgehead atoms. The lowest BCUT2D eigenvalue weighted by Crippen LogP contribution is -2.36. The highest BCUT2D eigenvalue weighted by atomic mass is 16.5. The Morgan fingerprint density at radius 2 is 1.88 bits per heavy atom. The minimum atomic E-state index is -0.916. The summed E-state index contributed by atoms with van der Waals surface area (Å²) in [5.41, 5.74) is 2.86. The third kappa shape index (κ3) is 5.34. The fourth-order valence-corrected chi connectivity index (χ4v) is 2.81. The molecule has 2 N–H and O–H groups in total. The maximum atomic E-state index is 12.4. The van der Waals surface area contributed by atoms with Crippen LogP contribution < -0.4 is 10.1 Å². The van der Waals surface area contributed by atoms with Gasteiger partial charge in [-0.15, -0.1) is 0 Å². The van der Waals surface area contributed by atoms with Gasteiger partial charge in [-0.2, -0.15) is 0 Å². The van der Waals surface area contributed by atoms with Crippen molar-refractivity contribution in [2.24, 2.45) is 5.92 Å². The molecule has 1 amide bonds. The Hall–Kier alpha value is -2.82. The summed E-state index contributed by atoms with van der Waals surface area (Å²) in [6.07, 6.45) is 0.380. The molecule has 0 aliphatic heterocycles. The van der Waals surface area contributed by atoms with E-state index in [0.29, 0.717) is 12.2 Å². The molecule has 0 saturated carbocycles. The zero-order chi connectivity index (χ0) is 19.1. The van der Waals surface area contributed by atoms with Crippen LogP contribution in [0.1, 0.15) is 29.5 Å². The number of aliphatic carboxylic acids is 1. The van der Waals surface area contributed by atoms with Gasteiger partial charge in [0, 0.05) is 6.54 Å². The molecule has 5 heteroatoms. The average Bonchev–Trinajstić information content (AvgIpc) is 2.64. The highest BCUT2D eigenvalue weighted by molar-refractivity contribution is 5.84. The molecule has 2 rings (SSSR count). The van der Waals surface area contributed by atoms with Crippen LogP contribution in [0.5, 0.6) is 5.75 Å². The van der Waals surface area contributed by atoms with Crippen molar-refractivity contribution in [2.75, 3.05) is 13.7 Å². The number of rotatable bonds is 8. The SMILES string of the molecule is COc1cccc(C(C)C(=O)NCC(Cc2cccc(C)c2)C(=O)O)c1. The first kappa shape index (κ1) is 19.5. The van der Waals surface area contributed by atoms with Gasteiger partial charge in [0.05, 0.1) is 18.9 Å². The van der Waals surface area contributed by atoms with Crippen LogP contribution in [0.3, 0.4) is 0 Å². The fourth-order valence-electron chi connectivity index (χ4n) is 2.81. The zero-order valence-corrected chi connectivity index (χ0v) is 15.4. The highest BCUT2D eigenvalue weighted by Gasteiger charge is 2.21. The maximum Gasteiger partial charge on any atom is 0.308 e. The molecule has 0 aliphatic carbocycles. The van der Waals surface area contributed by atoms with Gasteiger partial charge < -0.3 is 15.2 Å². The van der Waals surface area contributed by atoms with E-state index in [4.69, 9.17) is 4.74 Å². The summed E-state index contributed by atoms with van der Waals surface area (Å²) < 4.78 is 5.18. The summed E-state index contributed by atoms with van der Waals surface area (Å²) in [6, 6.07) is 15.1. The largest absolute Gasteiger partial charge is 0.497 e. The Bertz CT molecular complexity index is 772. The van der Waals surface area contributed by atoms with Gasteiger partial charge >= 0.3 is 5.97 Å². The monoisotopic (exact) mass is 355 g/mol. The number of methoxy groups -OCH3 is 1. The van der Waals surface area contributed by atoms with Crippen LogP contribution in [-0.2, 0) is 16.0 Å². The molecule has 2 aromatic rings. The second kappa shape index (κ2) is 9.04. The van der Waals surface area contributed by atoms with Gasteiger partial charge in [-0.05, 0) is 43.5 Å². The quantitative estimate of drug-likeness (QED) is 0.763. The van der Waals surface area contributed by atoms with E-state index in [2.05, 4.69) is 5.32 Å². The van der Waals surface area contributed by atoms with Crippen LogP contribution in [0.2, 0.25) is 0 Å². The fraction of sp³-hybridized carbons (Fsp3) is 0.333. The van der Waals surface area contributed by atoms with E-state index in [1.54, 1.807) is 14.0 Å². The number of ether oxygens (including phenoxy) is 1. The lowest BCUT2D eigenvalue weighted by atomic mass is 9.97. The van der Waals surface area contributed by atoms with Gasteiger partial charge in [0.2, 0.25) is 5.91 Å². The number of carboxylic acid groups (broad SMARTS) is 1. The molecule has 0 aromatic heterocycles. The van der Waals surface area contributed by atoms with Crippen LogP contribution in [0.4, 0.5) is 0 Å². The standard InChI is InChI=1S/C21H25NO4/c1-14-6-4-7-16(10-14)11-18(21(24)25)13-22-20(23)15(2)17-8-5-9-19(12-17)26-3/h4-10,12,15,18H,11,13H2,1-3H3,(H,22,23)(H,24,25). The number of carbonyl (C=O) groups is 2. The highest BCUT2D eigenvalue weighted by Crippen LogP contribution is 2.21. The number of carbonyl (C=O) groups excluding carboxylic acids is 1. The minimum Gasteiger partial charge on any atom is -0.497 e. The summed E-state index contributed by atoms with van der Waals surface area (Å²) in [5, 5.41) is 12.2. The second-order valence-electron chi connectivity index (χ2n) is 6.47. The summed E-state index contributed by atoms with van der Waals surface area (Å²) in [7, 11) is 1.58. The predicted octanol–water partition coefficient (Wildman–Crippen LogP) is 3.17. The van der Waals surface area contributed by atoms with Gasteiger partial charge in [-0.25, -0.2) is 0 Å². The van der Waals surface area contributed by atoms with Crippen LogP contribution in [-0.4, -0.2) is 30.6 Å². The van der Waals surface area contributed by atoms with Crippen molar-refractivity contribution >= 4 is 11.9 Å². The molecule has 0 fully saturated rings. The first-order valence-corrected chi connectivity index (χ1v) is 8.60. The molecular formula is C21H25NO4. The van der Waals surface area contributed by atoms with E-state index < -0.39 is 17.8 Å². The second-order valence-corrected chi connectivity index (χ2v) is 6.47. The van der Waals surface area contributed by atoms with E-state index in [9.17, 15) is 14.7 Å².